The van der Waals surface area contributed by atoms with Crippen molar-refractivity contribution in [3.63, 3.8) is 0 Å². The number of sulfonamides is 1. The van der Waals surface area contributed by atoms with E-state index in [2.05, 4.69) is 10.6 Å². The number of piperidine rings is 1. The Morgan fingerprint density at radius 1 is 1.06 bits per heavy atom. The number of rotatable bonds is 8. The smallest absolute Gasteiger partial charge is 0.251 e. The number of hydrogen-bond donors (Lipinski definition) is 3. The minimum atomic E-state index is -3.79. The molecule has 0 atom stereocenters. The summed E-state index contributed by atoms with van der Waals surface area (Å²) in [5, 5.41) is 24.2. The van der Waals surface area contributed by atoms with Crippen LogP contribution in [0.25, 0.3) is 0 Å². The number of nitriles is 1. The van der Waals surface area contributed by atoms with Crippen LogP contribution in [0.4, 0.5) is 0 Å². The van der Waals surface area contributed by atoms with Gasteiger partial charge in [-0.3, -0.25) is 9.59 Å². The van der Waals surface area contributed by atoms with Crippen molar-refractivity contribution in [2.75, 3.05) is 26.2 Å². The predicted octanol–water partition coefficient (Wildman–Crippen LogP) is 1.60. The summed E-state index contributed by atoms with van der Waals surface area (Å²) >= 11 is 0. The number of carbonyl (C=O) groups is 2. The monoisotopic (exact) mass is 470 g/mol. The van der Waals surface area contributed by atoms with Gasteiger partial charge in [0.25, 0.3) is 5.91 Å². The van der Waals surface area contributed by atoms with Gasteiger partial charge in [0.15, 0.2) is 0 Å². The topological polar surface area (TPSA) is 140 Å². The summed E-state index contributed by atoms with van der Waals surface area (Å²) in [6.45, 7) is 1.16. The lowest BCUT2D eigenvalue weighted by Crippen LogP contribution is -2.43. The number of carbonyl (C=O) groups excluding carboxylic acids is 2. The fraction of sp³-hybridized carbons (Fsp3) is 0.348. The molecule has 1 heterocycles. The Morgan fingerprint density at radius 2 is 1.76 bits per heavy atom. The molecule has 0 aliphatic carbocycles. The molecule has 10 heteroatoms. The maximum atomic E-state index is 12.9. The van der Waals surface area contributed by atoms with Crippen molar-refractivity contribution in [1.82, 2.24) is 14.9 Å². The zero-order valence-electron chi connectivity index (χ0n) is 18.0. The Hall–Kier alpha value is -3.42. The van der Waals surface area contributed by atoms with E-state index in [0.29, 0.717) is 37.9 Å². The number of nitrogens with one attached hydrogen (secondary N) is 2. The van der Waals surface area contributed by atoms with Gasteiger partial charge in [0.2, 0.25) is 15.9 Å². The Balaban J connectivity index is 1.41. The van der Waals surface area contributed by atoms with Crippen LogP contribution >= 0.6 is 0 Å². The number of hydrogen-bond acceptors (Lipinski definition) is 6. The summed E-state index contributed by atoms with van der Waals surface area (Å²) < 4.78 is 27.1. The highest BCUT2D eigenvalue weighted by Crippen LogP contribution is 2.25. The maximum Gasteiger partial charge on any atom is 0.251 e. The molecular weight excluding hydrogens is 444 g/mol. The third-order valence-corrected chi connectivity index (χ3v) is 7.45. The molecule has 0 radical (unpaired) electrons. The van der Waals surface area contributed by atoms with Crippen molar-refractivity contribution in [3.05, 3.63) is 59.7 Å². The normalized spacial score (nSPS) is 14.9. The second-order valence-electron chi connectivity index (χ2n) is 7.74. The molecule has 2 amide bonds. The van der Waals surface area contributed by atoms with Crippen molar-refractivity contribution >= 4 is 21.8 Å². The summed E-state index contributed by atoms with van der Waals surface area (Å²) in [5.41, 5.74) is 0.465. The molecule has 0 unspecified atom stereocenters. The van der Waals surface area contributed by atoms with Gasteiger partial charge in [-0.25, -0.2) is 8.42 Å². The molecule has 1 fully saturated rings. The van der Waals surface area contributed by atoms with E-state index in [1.807, 2.05) is 6.07 Å². The van der Waals surface area contributed by atoms with Crippen LogP contribution in [-0.4, -0.2) is 55.8 Å². The van der Waals surface area contributed by atoms with Crippen LogP contribution < -0.4 is 10.6 Å². The largest absolute Gasteiger partial charge is 0.508 e. The quantitative estimate of drug-likeness (QED) is 0.501. The minimum Gasteiger partial charge on any atom is -0.508 e. The number of phenolic OH excluding ortho intramolecular Hbond substituents is 1. The van der Waals surface area contributed by atoms with Crippen LogP contribution in [0, 0.1) is 17.2 Å². The van der Waals surface area contributed by atoms with E-state index in [9.17, 15) is 28.4 Å². The molecule has 3 N–H and O–H groups in total. The van der Waals surface area contributed by atoms with E-state index >= 15 is 0 Å². The number of aromatic hydroxyl groups is 1. The van der Waals surface area contributed by atoms with Gasteiger partial charge in [-0.2, -0.15) is 9.57 Å². The number of benzene rings is 2. The zero-order valence-corrected chi connectivity index (χ0v) is 18.8. The first kappa shape index (κ1) is 24.2. The summed E-state index contributed by atoms with van der Waals surface area (Å²) in [7, 11) is -3.79. The molecule has 2 aromatic carbocycles. The Bertz CT molecular complexity index is 1150. The van der Waals surface area contributed by atoms with Gasteiger partial charge < -0.3 is 15.7 Å². The maximum absolute atomic E-state index is 12.9. The lowest BCUT2D eigenvalue weighted by atomic mass is 9.97. The lowest BCUT2D eigenvalue weighted by molar-refractivity contribution is -0.126. The molecule has 174 valence electrons. The van der Waals surface area contributed by atoms with E-state index < -0.39 is 10.0 Å². The van der Waals surface area contributed by atoms with E-state index in [1.165, 1.54) is 28.6 Å². The molecule has 1 aliphatic heterocycles. The van der Waals surface area contributed by atoms with Crippen molar-refractivity contribution in [3.8, 4) is 11.8 Å². The molecule has 1 aliphatic rings. The first-order valence-electron chi connectivity index (χ1n) is 10.7. The summed E-state index contributed by atoms with van der Waals surface area (Å²) in [4.78, 5) is 24.4. The number of nitrogens with zero attached hydrogens (tertiary/aromatic N) is 2. The molecule has 33 heavy (non-hydrogen) atoms. The molecule has 0 spiro atoms. The van der Waals surface area contributed by atoms with Gasteiger partial charge >= 0.3 is 0 Å². The SMILES string of the molecule is N#Cc1ccccc1S(=O)(=O)N1CCC(C(=O)NCCCNC(=O)c2cccc(O)c2)CC1. The highest BCUT2D eigenvalue weighted by molar-refractivity contribution is 7.89. The highest BCUT2D eigenvalue weighted by atomic mass is 32.2. The van der Waals surface area contributed by atoms with Crippen LogP contribution in [0.2, 0.25) is 0 Å². The van der Waals surface area contributed by atoms with Crippen molar-refractivity contribution in [2.45, 2.75) is 24.2 Å². The minimum absolute atomic E-state index is 0.0110. The van der Waals surface area contributed by atoms with Gasteiger partial charge in [0.1, 0.15) is 11.8 Å². The molecule has 2 aromatic rings. The van der Waals surface area contributed by atoms with Gasteiger partial charge in [-0.1, -0.05) is 18.2 Å². The second-order valence-corrected chi connectivity index (χ2v) is 9.64. The Morgan fingerprint density at radius 3 is 2.45 bits per heavy atom. The number of phenols is 1. The second kappa shape index (κ2) is 10.9. The third kappa shape index (κ3) is 6.09. The fourth-order valence-electron chi connectivity index (χ4n) is 3.68. The third-order valence-electron chi connectivity index (χ3n) is 5.50. The van der Waals surface area contributed by atoms with Gasteiger partial charge in [-0.05, 0) is 49.6 Å². The molecule has 9 nitrogen and oxygen atoms in total. The molecule has 0 saturated carbocycles. The average molecular weight is 471 g/mol. The fourth-order valence-corrected chi connectivity index (χ4v) is 5.29. The van der Waals surface area contributed by atoms with Crippen LogP contribution in [0.1, 0.15) is 35.2 Å². The van der Waals surface area contributed by atoms with E-state index in [-0.39, 0.29) is 47.0 Å². The average Bonchev–Trinajstić information content (AvgIpc) is 2.83. The molecule has 0 aromatic heterocycles. The molecule has 1 saturated heterocycles. The predicted molar refractivity (Wildman–Crippen MR) is 121 cm³/mol. The molecular formula is C23H26N4O5S. The summed E-state index contributed by atoms with van der Waals surface area (Å²) in [6, 6.07) is 14.1. The van der Waals surface area contributed by atoms with Crippen molar-refractivity contribution in [2.24, 2.45) is 5.92 Å². The molecule has 0 bridgehead atoms. The first-order valence-corrected chi connectivity index (χ1v) is 12.1. The molecule has 3 rings (SSSR count). The number of amides is 2. The van der Waals surface area contributed by atoms with Crippen LogP contribution in [0.3, 0.4) is 0 Å². The lowest BCUT2D eigenvalue weighted by Gasteiger charge is -2.30. The van der Waals surface area contributed by atoms with Crippen molar-refractivity contribution < 1.29 is 23.1 Å². The standard InChI is InChI=1S/C23H26N4O5S/c24-16-19-5-1-2-8-21(19)33(31,32)27-13-9-17(10-14-27)22(29)25-11-4-12-26-23(30)18-6-3-7-20(28)15-18/h1-3,5-8,15,17,28H,4,9-14H2,(H,25,29)(H,26,30). The summed E-state index contributed by atoms with van der Waals surface area (Å²) in [5.74, 6) is -0.708. The van der Waals surface area contributed by atoms with E-state index in [1.54, 1.807) is 24.3 Å². The summed E-state index contributed by atoms with van der Waals surface area (Å²) in [6.07, 6.45) is 1.33. The van der Waals surface area contributed by atoms with Gasteiger partial charge in [-0.15, -0.1) is 0 Å². The van der Waals surface area contributed by atoms with Crippen LogP contribution in [0.5, 0.6) is 5.75 Å². The van der Waals surface area contributed by atoms with Crippen molar-refractivity contribution in [1.29, 1.82) is 5.26 Å². The van der Waals surface area contributed by atoms with Crippen LogP contribution in [-0.2, 0) is 14.8 Å². The van der Waals surface area contributed by atoms with Gasteiger partial charge in [0.05, 0.1) is 10.5 Å². The highest BCUT2D eigenvalue weighted by Gasteiger charge is 2.33. The van der Waals surface area contributed by atoms with Crippen LogP contribution in [0.15, 0.2) is 53.4 Å². The Kier molecular flexibility index (Phi) is 8.03. The first-order chi connectivity index (χ1) is 15.8. The van der Waals surface area contributed by atoms with Gasteiger partial charge in [0, 0.05) is 37.7 Å². The zero-order chi connectivity index (χ0) is 23.8. The van der Waals surface area contributed by atoms with E-state index in [4.69, 9.17) is 0 Å². The van der Waals surface area contributed by atoms with E-state index in [0.717, 1.165) is 0 Å². The Labute approximate surface area is 193 Å².